The highest BCUT2D eigenvalue weighted by molar-refractivity contribution is 7.90. The number of nitrogens with one attached hydrogen (secondary N) is 2. The minimum absolute atomic E-state index is 0.0121. The monoisotopic (exact) mass is 475 g/mol. The maximum absolute atomic E-state index is 12.2. The first kappa shape index (κ1) is 21.5. The van der Waals surface area contributed by atoms with E-state index in [1.807, 2.05) is 22.9 Å². The molecule has 0 atom stereocenters. The number of carbonyl (C=O) groups is 1. The van der Waals surface area contributed by atoms with Gasteiger partial charge in [0.05, 0.1) is 28.1 Å². The topological polar surface area (TPSA) is 96.9 Å². The Morgan fingerprint density at radius 2 is 1.84 bits per heavy atom. The van der Waals surface area contributed by atoms with E-state index in [9.17, 15) is 13.2 Å². The van der Waals surface area contributed by atoms with E-state index >= 15 is 0 Å². The van der Waals surface area contributed by atoms with Gasteiger partial charge in [-0.25, -0.2) is 18.1 Å². The van der Waals surface area contributed by atoms with Crippen molar-refractivity contribution in [3.8, 4) is 16.9 Å². The Kier molecular flexibility index (Phi) is 5.40. The predicted molar refractivity (Wildman–Crippen MR) is 124 cm³/mol. The second kappa shape index (κ2) is 7.77. The van der Waals surface area contributed by atoms with Gasteiger partial charge in [0.25, 0.3) is 10.0 Å². The van der Waals surface area contributed by atoms with E-state index in [0.29, 0.717) is 5.69 Å². The smallest absolute Gasteiger partial charge is 0.264 e. The van der Waals surface area contributed by atoms with Gasteiger partial charge in [-0.05, 0) is 56.3 Å². The summed E-state index contributed by atoms with van der Waals surface area (Å²) in [6.07, 6.45) is 0. The van der Waals surface area contributed by atoms with Crippen molar-refractivity contribution in [3.05, 3.63) is 52.0 Å². The summed E-state index contributed by atoms with van der Waals surface area (Å²) in [6.45, 7) is 5.42. The largest absolute Gasteiger partial charge is 0.497 e. The van der Waals surface area contributed by atoms with Gasteiger partial charge in [-0.15, -0.1) is 0 Å². The lowest BCUT2D eigenvalue weighted by Crippen LogP contribution is -2.31. The third-order valence-electron chi connectivity index (χ3n) is 4.81. The molecule has 1 amide bonds. The van der Waals surface area contributed by atoms with Gasteiger partial charge in [0, 0.05) is 23.7 Å². The van der Waals surface area contributed by atoms with Crippen LogP contribution in [0.4, 0.5) is 11.4 Å². The fraction of sp³-hybridized carbons (Fsp3) is 0.238. The van der Waals surface area contributed by atoms with E-state index in [2.05, 4.69) is 19.2 Å². The average molecular weight is 476 g/mol. The molecule has 2 N–H and O–H groups in total. The van der Waals surface area contributed by atoms with Crippen LogP contribution >= 0.6 is 20.7 Å². The second-order valence-electron chi connectivity index (χ2n) is 7.60. The van der Waals surface area contributed by atoms with Crippen LogP contribution in [0.5, 0.6) is 5.75 Å². The van der Waals surface area contributed by atoms with E-state index in [0.717, 1.165) is 34.2 Å². The fourth-order valence-electron chi connectivity index (χ4n) is 3.42. The average Bonchev–Trinajstić information content (AvgIpc) is 3.12. The Labute approximate surface area is 187 Å². The zero-order valence-corrected chi connectivity index (χ0v) is 19.8. The van der Waals surface area contributed by atoms with Crippen LogP contribution in [0, 0.1) is 0 Å². The molecule has 10 heteroatoms. The van der Waals surface area contributed by atoms with Crippen molar-refractivity contribution < 1.29 is 17.9 Å². The van der Waals surface area contributed by atoms with E-state index < -0.39 is 15.9 Å². The zero-order valence-electron chi connectivity index (χ0n) is 17.3. The number of sulfonamides is 1. The van der Waals surface area contributed by atoms with Crippen molar-refractivity contribution in [3.63, 3.8) is 0 Å². The number of carbonyl (C=O) groups excluding carboxylic acids is 1. The van der Waals surface area contributed by atoms with Gasteiger partial charge < -0.3 is 10.1 Å². The van der Waals surface area contributed by atoms with Gasteiger partial charge in [-0.3, -0.25) is 4.79 Å². The lowest BCUT2D eigenvalue weighted by Gasteiger charge is -2.33. The number of hydrogen-bond acceptors (Lipinski definition) is 8. The van der Waals surface area contributed by atoms with Gasteiger partial charge in [0.2, 0.25) is 5.91 Å². The molecule has 162 valence electrons. The summed E-state index contributed by atoms with van der Waals surface area (Å²) >= 11 is 0. The van der Waals surface area contributed by atoms with E-state index in [4.69, 9.17) is 9.73 Å². The molecule has 2 heterocycles. The van der Waals surface area contributed by atoms with Gasteiger partial charge in [0.15, 0.2) is 0 Å². The molecule has 1 aromatic heterocycles. The van der Waals surface area contributed by atoms with Gasteiger partial charge in [-0.1, -0.05) is 20.7 Å². The molecule has 0 radical (unpaired) electrons. The van der Waals surface area contributed by atoms with Crippen LogP contribution in [0.15, 0.2) is 52.4 Å². The molecule has 0 fully saturated rings. The highest BCUT2D eigenvalue weighted by atomic mass is 32.9. The molecule has 1 aliphatic rings. The summed E-state index contributed by atoms with van der Waals surface area (Å²) in [5.41, 5.74) is 3.47. The molecule has 1 aliphatic heterocycles. The Morgan fingerprint density at radius 3 is 2.48 bits per heavy atom. The second-order valence-corrected chi connectivity index (χ2v) is 11.4. The Morgan fingerprint density at radius 1 is 1.13 bits per heavy atom. The minimum Gasteiger partial charge on any atom is -0.497 e. The van der Waals surface area contributed by atoms with Gasteiger partial charge in [0.1, 0.15) is 10.4 Å². The van der Waals surface area contributed by atoms with E-state index in [1.165, 1.54) is 17.0 Å². The summed E-state index contributed by atoms with van der Waals surface area (Å²) < 4.78 is 32.5. The number of amides is 1. The molecule has 31 heavy (non-hydrogen) atoms. The lowest BCUT2D eigenvalue weighted by molar-refractivity contribution is -0.117. The molecule has 2 aromatic carbocycles. The number of hydrogen-bond donors (Lipinski definition) is 2. The molecule has 7 nitrogen and oxygen atoms in total. The molecule has 3 aromatic rings. The fourth-order valence-corrected chi connectivity index (χ4v) is 7.34. The minimum atomic E-state index is -3.87. The number of ether oxygens (including phenoxy) is 1. The van der Waals surface area contributed by atoms with Crippen LogP contribution in [-0.2, 0) is 20.4 Å². The summed E-state index contributed by atoms with van der Waals surface area (Å²) in [4.78, 5) is 17.1. The maximum Gasteiger partial charge on any atom is 0.264 e. The number of nitrogens with zero attached hydrogens (tertiary/aromatic N) is 1. The van der Waals surface area contributed by atoms with Crippen LogP contribution in [0.25, 0.3) is 11.1 Å². The Hall–Kier alpha value is -2.69. The highest BCUT2D eigenvalue weighted by Crippen LogP contribution is 2.46. The van der Waals surface area contributed by atoms with Crippen LogP contribution in [-0.4, -0.2) is 21.4 Å². The van der Waals surface area contributed by atoms with Crippen molar-refractivity contribution in [1.82, 2.24) is 4.72 Å². The molecule has 0 bridgehead atoms. The Bertz CT molecular complexity index is 1340. The SMILES string of the molecule is COc1ccc2c(c1)-c1c(ssc1=Nc1ccc(S(=O)(=O)NC(C)=O)cc1)C(C)(C)N2. The first-order valence-corrected chi connectivity index (χ1v) is 13.0. The molecular weight excluding hydrogens is 454 g/mol. The van der Waals surface area contributed by atoms with E-state index in [-0.39, 0.29) is 10.4 Å². The van der Waals surface area contributed by atoms with Crippen molar-refractivity contribution in [1.29, 1.82) is 0 Å². The van der Waals surface area contributed by atoms with Gasteiger partial charge >= 0.3 is 0 Å². The van der Waals surface area contributed by atoms with Crippen LogP contribution in [0.2, 0.25) is 0 Å². The number of fused-ring (bicyclic) bond motifs is 3. The summed E-state index contributed by atoms with van der Waals surface area (Å²) in [7, 11) is 1.01. The highest BCUT2D eigenvalue weighted by Gasteiger charge is 2.33. The molecule has 0 saturated heterocycles. The normalized spacial score (nSPS) is 14.9. The predicted octanol–water partition coefficient (Wildman–Crippen LogP) is 4.20. The van der Waals surface area contributed by atoms with Crippen molar-refractivity contribution >= 4 is 48.0 Å². The van der Waals surface area contributed by atoms with Crippen molar-refractivity contribution in [2.24, 2.45) is 4.99 Å². The van der Waals surface area contributed by atoms with Crippen LogP contribution < -0.4 is 19.4 Å². The zero-order chi connectivity index (χ0) is 22.4. The third-order valence-corrected chi connectivity index (χ3v) is 8.90. The van der Waals surface area contributed by atoms with Crippen molar-refractivity contribution in [2.45, 2.75) is 31.2 Å². The lowest BCUT2D eigenvalue weighted by atomic mass is 9.90. The van der Waals surface area contributed by atoms with Crippen LogP contribution in [0.1, 0.15) is 25.6 Å². The number of methoxy groups -OCH3 is 1. The quantitative estimate of drug-likeness (QED) is 0.551. The number of anilines is 1. The van der Waals surface area contributed by atoms with E-state index in [1.54, 1.807) is 39.9 Å². The molecule has 0 aliphatic carbocycles. The number of rotatable bonds is 4. The standard InChI is InChI=1S/C21H21N3O4S3/c1-12(25)24-31(26,27)15-8-5-13(6-9-15)22-20-18-16-11-14(28-4)7-10-17(16)23-21(2,3)19(18)29-30-20/h5-11,23H,1-4H3,(H,24,25). The molecule has 0 spiro atoms. The first-order valence-electron chi connectivity index (χ1n) is 9.39. The Balaban J connectivity index is 1.81. The maximum atomic E-state index is 12.2. The summed E-state index contributed by atoms with van der Waals surface area (Å²) in [5.74, 6) is 0.131. The third kappa shape index (κ3) is 4.10. The molecule has 4 rings (SSSR count). The molecule has 0 saturated carbocycles. The van der Waals surface area contributed by atoms with Gasteiger partial charge in [-0.2, -0.15) is 0 Å². The van der Waals surface area contributed by atoms with Crippen molar-refractivity contribution in [2.75, 3.05) is 12.4 Å². The van der Waals surface area contributed by atoms with Crippen LogP contribution in [0.3, 0.4) is 0 Å². The summed E-state index contributed by atoms with van der Waals surface area (Å²) in [6, 6.07) is 12.1. The first-order chi connectivity index (χ1) is 14.6. The molecular formula is C21H21N3O4S3. The summed E-state index contributed by atoms with van der Waals surface area (Å²) in [5, 5.41) is 3.58. The number of benzene rings is 2. The molecule has 0 unspecified atom stereocenters.